The van der Waals surface area contributed by atoms with Gasteiger partial charge in [0.05, 0.1) is 69.8 Å². The number of hydrogen-bond donors (Lipinski definition) is 4. The number of ether oxygens (including phenoxy) is 4. The highest BCUT2D eigenvalue weighted by atomic mass is 35.5. The summed E-state index contributed by atoms with van der Waals surface area (Å²) in [5.41, 5.74) is 2.03. The Bertz CT molecular complexity index is 1960. The molecule has 3 aliphatic rings. The highest BCUT2D eigenvalue weighted by Gasteiger charge is 2.45. The van der Waals surface area contributed by atoms with E-state index in [1.54, 1.807) is 43.4 Å². The molecule has 3 aliphatic heterocycles. The molecule has 2 aromatic carbocycles. The number of hydrogen-bond acceptors (Lipinski definition) is 15. The third-order valence-electron chi connectivity index (χ3n) is 9.66. The highest BCUT2D eigenvalue weighted by Crippen LogP contribution is 2.33. The van der Waals surface area contributed by atoms with E-state index in [4.69, 9.17) is 30.5 Å². The number of methoxy groups -OCH3 is 1. The summed E-state index contributed by atoms with van der Waals surface area (Å²) >= 11 is 6.09. The van der Waals surface area contributed by atoms with Crippen LogP contribution < -0.4 is 26.0 Å². The van der Waals surface area contributed by atoms with Gasteiger partial charge in [-0.3, -0.25) is 39.1 Å². The van der Waals surface area contributed by atoms with Crippen molar-refractivity contribution in [3.63, 3.8) is 0 Å². The molecule has 1 aromatic heterocycles. The summed E-state index contributed by atoms with van der Waals surface area (Å²) in [6, 6.07) is 9.12. The van der Waals surface area contributed by atoms with E-state index in [1.165, 1.54) is 13.3 Å². The summed E-state index contributed by atoms with van der Waals surface area (Å²) in [6.07, 6.45) is 1.65. The molecule has 1 unspecified atom stereocenters. The Labute approximate surface area is 334 Å². The van der Waals surface area contributed by atoms with Crippen molar-refractivity contribution in [2.75, 3.05) is 109 Å². The molecule has 2 saturated heterocycles. The molecule has 0 spiro atoms. The second-order valence-corrected chi connectivity index (χ2v) is 13.7. The van der Waals surface area contributed by atoms with E-state index in [2.05, 4.69) is 36.1 Å². The molecule has 6 rings (SSSR count). The van der Waals surface area contributed by atoms with Crippen molar-refractivity contribution in [2.45, 2.75) is 18.9 Å². The Morgan fingerprint density at radius 1 is 0.930 bits per heavy atom. The fourth-order valence-corrected chi connectivity index (χ4v) is 6.85. The van der Waals surface area contributed by atoms with E-state index in [0.29, 0.717) is 98.8 Å². The number of piperazine rings is 1. The van der Waals surface area contributed by atoms with Crippen molar-refractivity contribution < 1.29 is 42.9 Å². The largest absolute Gasteiger partial charge is 0.495 e. The lowest BCUT2D eigenvalue weighted by Crippen LogP contribution is -2.54. The van der Waals surface area contributed by atoms with Gasteiger partial charge in [0.25, 0.3) is 17.7 Å². The molecule has 0 bridgehead atoms. The Hall–Kier alpha value is -5.40. The van der Waals surface area contributed by atoms with Gasteiger partial charge >= 0.3 is 0 Å². The maximum absolute atomic E-state index is 13.3. The quantitative estimate of drug-likeness (QED) is 0.101. The SMILES string of the molecule is CNc1nc(Nc2ccc(C(=O)N3CCN(CCOCCOCCOCCNc4cccc5c4C(=O)N(C4CCC(=O)NC4=O)C5=O)CC3)cc2OC)ncc1Cl. The van der Waals surface area contributed by atoms with Gasteiger partial charge in [-0.1, -0.05) is 17.7 Å². The lowest BCUT2D eigenvalue weighted by Gasteiger charge is -2.34. The van der Waals surface area contributed by atoms with Gasteiger partial charge in [-0.2, -0.15) is 4.98 Å². The molecule has 2 fully saturated rings. The first kappa shape index (κ1) is 41.2. The second kappa shape index (κ2) is 19.6. The molecule has 4 N–H and O–H groups in total. The molecule has 0 radical (unpaired) electrons. The minimum Gasteiger partial charge on any atom is -0.495 e. The second-order valence-electron chi connectivity index (χ2n) is 13.3. The normalized spacial score (nSPS) is 17.1. The van der Waals surface area contributed by atoms with Crippen LogP contribution in [0.5, 0.6) is 5.75 Å². The van der Waals surface area contributed by atoms with Crippen molar-refractivity contribution in [3.8, 4) is 5.75 Å². The van der Waals surface area contributed by atoms with Crippen molar-refractivity contribution >= 4 is 64.3 Å². The number of amides is 5. The number of carbonyl (C=O) groups is 5. The standard InChI is InChI=1S/C38H46ClN9O9/c1-40-33-26(39)23-42-38(45-33)43-27-7-6-24(22-30(27)54-2)35(51)47-13-11-46(12-14-47)15-17-56-19-21-57-20-18-55-16-10-41-28-5-3-4-25-32(28)37(53)48(36(25)52)29-8-9-31(49)44-34(29)50/h3-7,22-23,29,41H,8-21H2,1-2H3,(H,44,49,50)(H2,40,42,43,45). The van der Waals surface area contributed by atoms with Crippen LogP contribution in [-0.2, 0) is 23.8 Å². The molecule has 0 saturated carbocycles. The first-order chi connectivity index (χ1) is 27.7. The first-order valence-electron chi connectivity index (χ1n) is 18.7. The van der Waals surface area contributed by atoms with Crippen LogP contribution in [0.4, 0.5) is 23.1 Å². The molecule has 0 aliphatic carbocycles. The summed E-state index contributed by atoms with van der Waals surface area (Å²) < 4.78 is 22.6. The predicted molar refractivity (Wildman–Crippen MR) is 209 cm³/mol. The molecule has 19 heteroatoms. The van der Waals surface area contributed by atoms with Crippen LogP contribution in [0.3, 0.4) is 0 Å². The fourth-order valence-electron chi connectivity index (χ4n) is 6.66. The lowest BCUT2D eigenvalue weighted by molar-refractivity contribution is -0.136. The first-order valence-corrected chi connectivity index (χ1v) is 19.0. The number of imide groups is 2. The summed E-state index contributed by atoms with van der Waals surface area (Å²) in [6.45, 7) is 6.26. The van der Waals surface area contributed by atoms with Crippen LogP contribution in [0.1, 0.15) is 43.9 Å². The predicted octanol–water partition coefficient (Wildman–Crippen LogP) is 2.24. The van der Waals surface area contributed by atoms with Gasteiger partial charge < -0.3 is 39.8 Å². The van der Waals surface area contributed by atoms with Crippen LogP contribution in [0.25, 0.3) is 0 Å². The van der Waals surface area contributed by atoms with Gasteiger partial charge in [0.2, 0.25) is 17.8 Å². The number of piperidine rings is 1. The number of benzene rings is 2. The van der Waals surface area contributed by atoms with E-state index in [-0.39, 0.29) is 29.9 Å². The Morgan fingerprint density at radius 2 is 1.67 bits per heavy atom. The Kier molecular flexibility index (Phi) is 14.2. The molecule has 57 heavy (non-hydrogen) atoms. The van der Waals surface area contributed by atoms with E-state index in [0.717, 1.165) is 24.5 Å². The minimum atomic E-state index is -1.02. The monoisotopic (exact) mass is 807 g/mol. The van der Waals surface area contributed by atoms with E-state index in [9.17, 15) is 24.0 Å². The number of nitrogens with zero attached hydrogens (tertiary/aromatic N) is 5. The van der Waals surface area contributed by atoms with E-state index >= 15 is 0 Å². The van der Waals surface area contributed by atoms with Gasteiger partial charge in [0.15, 0.2) is 0 Å². The molecule has 5 amide bonds. The van der Waals surface area contributed by atoms with Crippen molar-refractivity contribution in [1.82, 2.24) is 30.0 Å². The van der Waals surface area contributed by atoms with Gasteiger partial charge in [-0.25, -0.2) is 4.98 Å². The number of anilines is 4. The fraction of sp³-hybridized carbons (Fsp3) is 0.447. The Morgan fingerprint density at radius 3 is 2.39 bits per heavy atom. The van der Waals surface area contributed by atoms with Gasteiger partial charge in [-0.15, -0.1) is 0 Å². The molecule has 304 valence electrons. The lowest BCUT2D eigenvalue weighted by atomic mass is 10.0. The smallest absolute Gasteiger partial charge is 0.264 e. The van der Waals surface area contributed by atoms with Crippen molar-refractivity contribution in [3.05, 3.63) is 64.3 Å². The van der Waals surface area contributed by atoms with Crippen LogP contribution in [0, 0.1) is 0 Å². The van der Waals surface area contributed by atoms with E-state index in [1.807, 2.05) is 4.90 Å². The summed E-state index contributed by atoms with van der Waals surface area (Å²) in [4.78, 5) is 77.0. The minimum absolute atomic E-state index is 0.0601. The van der Waals surface area contributed by atoms with E-state index < -0.39 is 29.7 Å². The molecule has 4 heterocycles. The van der Waals surface area contributed by atoms with Gasteiger partial charge in [0.1, 0.15) is 22.6 Å². The van der Waals surface area contributed by atoms with Crippen molar-refractivity contribution in [1.29, 1.82) is 0 Å². The topological polar surface area (TPSA) is 206 Å². The van der Waals surface area contributed by atoms with Gasteiger partial charge in [-0.05, 0) is 36.8 Å². The maximum atomic E-state index is 13.3. The number of carbonyl (C=O) groups excluding carboxylic acids is 5. The molecule has 1 atom stereocenters. The third kappa shape index (κ3) is 10.1. The molecule has 18 nitrogen and oxygen atoms in total. The average Bonchev–Trinajstić information content (AvgIpc) is 3.47. The zero-order valence-electron chi connectivity index (χ0n) is 31.8. The van der Waals surface area contributed by atoms with Crippen LogP contribution in [-0.4, -0.2) is 153 Å². The summed E-state index contributed by atoms with van der Waals surface area (Å²) in [5, 5.41) is 11.8. The number of rotatable bonds is 19. The summed E-state index contributed by atoms with van der Waals surface area (Å²) in [5.74, 6) is -0.946. The van der Waals surface area contributed by atoms with Crippen LogP contribution >= 0.6 is 11.6 Å². The Balaban J connectivity index is 0.809. The molecule has 3 aromatic rings. The zero-order valence-corrected chi connectivity index (χ0v) is 32.6. The average molecular weight is 808 g/mol. The highest BCUT2D eigenvalue weighted by molar-refractivity contribution is 6.32. The molecular weight excluding hydrogens is 762 g/mol. The number of aromatic nitrogens is 2. The number of halogens is 1. The summed E-state index contributed by atoms with van der Waals surface area (Å²) in [7, 11) is 3.26. The van der Waals surface area contributed by atoms with Gasteiger partial charge in [0, 0.05) is 64.0 Å². The maximum Gasteiger partial charge on any atom is 0.264 e. The third-order valence-corrected chi connectivity index (χ3v) is 9.94. The number of fused-ring (bicyclic) bond motifs is 1. The zero-order chi connectivity index (χ0) is 40.3. The van der Waals surface area contributed by atoms with Crippen LogP contribution in [0.15, 0.2) is 42.6 Å². The van der Waals surface area contributed by atoms with Crippen LogP contribution in [0.2, 0.25) is 5.02 Å². The molecular formula is C38H46ClN9O9. The van der Waals surface area contributed by atoms with Crippen molar-refractivity contribution in [2.24, 2.45) is 0 Å². The number of nitrogens with one attached hydrogen (secondary N) is 4.